The third-order valence-electron chi connectivity index (χ3n) is 6.42. The van der Waals surface area contributed by atoms with Gasteiger partial charge in [0.15, 0.2) is 10.6 Å². The Hall–Kier alpha value is -3.84. The number of thiazole rings is 1. The second-order valence-electron chi connectivity index (χ2n) is 8.48. The SMILES string of the molecule is COc1ccc(C2C3=C(CCCC3=O)N=c3sc(=Cc4ccc5ccncc5c4)c(=O)n32)cc1. The van der Waals surface area contributed by atoms with Gasteiger partial charge in [-0.3, -0.25) is 19.1 Å². The third kappa shape index (κ3) is 3.40. The molecule has 3 heterocycles. The minimum atomic E-state index is -0.479. The highest BCUT2D eigenvalue weighted by Crippen LogP contribution is 2.36. The second-order valence-corrected chi connectivity index (χ2v) is 9.48. The summed E-state index contributed by atoms with van der Waals surface area (Å²) in [4.78, 5) is 36.3. The Balaban J connectivity index is 1.55. The zero-order chi connectivity index (χ0) is 23.2. The van der Waals surface area contributed by atoms with Gasteiger partial charge in [-0.25, -0.2) is 4.99 Å². The van der Waals surface area contributed by atoms with Gasteiger partial charge in [0, 0.05) is 29.8 Å². The van der Waals surface area contributed by atoms with Crippen molar-refractivity contribution in [2.24, 2.45) is 4.99 Å². The van der Waals surface area contributed by atoms with Crippen molar-refractivity contribution in [1.29, 1.82) is 0 Å². The van der Waals surface area contributed by atoms with E-state index in [1.807, 2.05) is 60.8 Å². The fourth-order valence-corrected chi connectivity index (χ4v) is 5.78. The fourth-order valence-electron chi connectivity index (χ4n) is 4.76. The molecule has 0 spiro atoms. The molecule has 0 radical (unpaired) electrons. The number of allylic oxidation sites excluding steroid dienone is 2. The van der Waals surface area contributed by atoms with Gasteiger partial charge in [0.1, 0.15) is 5.75 Å². The Kier molecular flexibility index (Phi) is 4.99. The number of ether oxygens (including phenoxy) is 1. The highest BCUT2D eigenvalue weighted by Gasteiger charge is 2.34. The summed E-state index contributed by atoms with van der Waals surface area (Å²) in [6, 6.07) is 15.1. The van der Waals surface area contributed by atoms with Crippen LogP contribution in [0.4, 0.5) is 0 Å². The summed E-state index contributed by atoms with van der Waals surface area (Å²) >= 11 is 1.37. The number of methoxy groups -OCH3 is 1. The molecule has 34 heavy (non-hydrogen) atoms. The molecule has 168 valence electrons. The van der Waals surface area contributed by atoms with E-state index in [4.69, 9.17) is 9.73 Å². The lowest BCUT2D eigenvalue weighted by molar-refractivity contribution is -0.116. The maximum Gasteiger partial charge on any atom is 0.271 e. The lowest BCUT2D eigenvalue weighted by Crippen LogP contribution is -2.40. The van der Waals surface area contributed by atoms with Crippen LogP contribution in [-0.2, 0) is 4.79 Å². The maximum absolute atomic E-state index is 13.7. The van der Waals surface area contributed by atoms with Crippen molar-refractivity contribution in [3.05, 3.63) is 103 Å². The standard InChI is InChI=1S/C27H21N3O3S/c1-33-20-9-7-18(8-10-20)25-24-21(3-2-4-22(24)31)29-27-30(25)26(32)23(34-27)14-16-5-6-17-11-12-28-15-19(17)13-16/h5-15,25H,2-4H2,1H3. The van der Waals surface area contributed by atoms with Crippen LogP contribution in [0.15, 0.2) is 82.0 Å². The van der Waals surface area contributed by atoms with Crippen LogP contribution in [-0.4, -0.2) is 22.4 Å². The number of hydrogen-bond donors (Lipinski definition) is 0. The zero-order valence-corrected chi connectivity index (χ0v) is 19.3. The Morgan fingerprint density at radius 3 is 2.74 bits per heavy atom. The highest BCUT2D eigenvalue weighted by molar-refractivity contribution is 7.07. The third-order valence-corrected chi connectivity index (χ3v) is 7.40. The molecule has 6 nitrogen and oxygen atoms in total. The van der Waals surface area contributed by atoms with Gasteiger partial charge in [-0.15, -0.1) is 0 Å². The van der Waals surface area contributed by atoms with Gasteiger partial charge in [0.2, 0.25) is 0 Å². The number of pyridine rings is 1. The Labute approximate surface area is 199 Å². The van der Waals surface area contributed by atoms with E-state index in [9.17, 15) is 9.59 Å². The number of rotatable bonds is 3. The molecule has 4 aromatic rings. The van der Waals surface area contributed by atoms with Crippen LogP contribution in [0.3, 0.4) is 0 Å². The Morgan fingerprint density at radius 1 is 1.06 bits per heavy atom. The summed E-state index contributed by atoms with van der Waals surface area (Å²) in [5, 5.41) is 2.11. The summed E-state index contributed by atoms with van der Waals surface area (Å²) < 4.78 is 7.58. The second kappa shape index (κ2) is 8.18. The molecule has 6 rings (SSSR count). The van der Waals surface area contributed by atoms with Gasteiger partial charge >= 0.3 is 0 Å². The van der Waals surface area contributed by atoms with Gasteiger partial charge < -0.3 is 4.74 Å². The van der Waals surface area contributed by atoms with E-state index in [-0.39, 0.29) is 11.3 Å². The molecule has 1 atom stereocenters. The van der Waals surface area contributed by atoms with Crippen LogP contribution in [0.5, 0.6) is 5.75 Å². The van der Waals surface area contributed by atoms with Crippen LogP contribution in [0, 0.1) is 0 Å². The number of ketones is 1. The van der Waals surface area contributed by atoms with E-state index in [1.54, 1.807) is 17.9 Å². The monoisotopic (exact) mass is 467 g/mol. The Bertz CT molecular complexity index is 1660. The topological polar surface area (TPSA) is 73.6 Å². The minimum absolute atomic E-state index is 0.0714. The van der Waals surface area contributed by atoms with Crippen molar-refractivity contribution in [2.45, 2.75) is 25.3 Å². The molecule has 0 N–H and O–H groups in total. The van der Waals surface area contributed by atoms with E-state index < -0.39 is 6.04 Å². The first-order valence-electron chi connectivity index (χ1n) is 11.2. The number of benzene rings is 2. The minimum Gasteiger partial charge on any atom is -0.497 e. The first-order chi connectivity index (χ1) is 16.6. The number of hydrogen-bond acceptors (Lipinski definition) is 6. The van der Waals surface area contributed by atoms with Crippen LogP contribution in [0.25, 0.3) is 16.8 Å². The largest absolute Gasteiger partial charge is 0.497 e. The molecule has 0 saturated carbocycles. The molecule has 2 aromatic heterocycles. The first-order valence-corrected chi connectivity index (χ1v) is 12.0. The smallest absolute Gasteiger partial charge is 0.271 e. The van der Waals surface area contributed by atoms with Crippen molar-refractivity contribution in [3.63, 3.8) is 0 Å². The zero-order valence-electron chi connectivity index (χ0n) is 18.5. The number of fused-ring (bicyclic) bond motifs is 2. The molecule has 1 aliphatic heterocycles. The van der Waals surface area contributed by atoms with Crippen LogP contribution >= 0.6 is 11.3 Å². The van der Waals surface area contributed by atoms with Gasteiger partial charge in [0.05, 0.1) is 23.4 Å². The van der Waals surface area contributed by atoms with Crippen molar-refractivity contribution in [2.75, 3.05) is 7.11 Å². The van der Waals surface area contributed by atoms with Crippen molar-refractivity contribution in [1.82, 2.24) is 9.55 Å². The van der Waals surface area contributed by atoms with Crippen molar-refractivity contribution in [3.8, 4) is 5.75 Å². The average Bonchev–Trinajstić information content (AvgIpc) is 3.17. The molecule has 0 amide bonds. The molecule has 7 heteroatoms. The van der Waals surface area contributed by atoms with Crippen molar-refractivity contribution < 1.29 is 9.53 Å². The van der Waals surface area contributed by atoms with Crippen LogP contribution in [0.1, 0.15) is 36.4 Å². The van der Waals surface area contributed by atoms with E-state index in [0.29, 0.717) is 21.3 Å². The van der Waals surface area contributed by atoms with Gasteiger partial charge in [-0.1, -0.05) is 35.6 Å². The summed E-state index contributed by atoms with van der Waals surface area (Å²) in [5.74, 6) is 0.799. The predicted molar refractivity (Wildman–Crippen MR) is 132 cm³/mol. The van der Waals surface area contributed by atoms with Crippen LogP contribution < -0.4 is 19.6 Å². The number of aromatic nitrogens is 2. The van der Waals surface area contributed by atoms with E-state index in [0.717, 1.165) is 46.2 Å². The van der Waals surface area contributed by atoms with Gasteiger partial charge in [-0.05, 0) is 59.7 Å². The first kappa shape index (κ1) is 20.7. The lowest BCUT2D eigenvalue weighted by atomic mass is 9.86. The summed E-state index contributed by atoms with van der Waals surface area (Å²) in [7, 11) is 1.62. The molecule has 0 fully saturated rings. The van der Waals surface area contributed by atoms with E-state index in [1.165, 1.54) is 11.3 Å². The predicted octanol–water partition coefficient (Wildman–Crippen LogP) is 3.53. The highest BCUT2D eigenvalue weighted by atomic mass is 32.1. The quantitative estimate of drug-likeness (QED) is 0.462. The summed E-state index contributed by atoms with van der Waals surface area (Å²) in [6.45, 7) is 0. The number of carbonyl (C=O) groups is 1. The van der Waals surface area contributed by atoms with Crippen molar-refractivity contribution >= 4 is 34.0 Å². The van der Waals surface area contributed by atoms with E-state index in [2.05, 4.69) is 4.98 Å². The Morgan fingerprint density at radius 2 is 1.91 bits per heavy atom. The summed E-state index contributed by atoms with van der Waals surface area (Å²) in [5.41, 5.74) is 3.11. The van der Waals surface area contributed by atoms with Crippen LogP contribution in [0.2, 0.25) is 0 Å². The molecule has 1 aliphatic carbocycles. The molecule has 2 aromatic carbocycles. The molecule has 0 bridgehead atoms. The normalized spacial score (nSPS) is 18.0. The maximum atomic E-state index is 13.7. The number of nitrogens with zero attached hydrogens (tertiary/aromatic N) is 3. The van der Waals surface area contributed by atoms with E-state index >= 15 is 0 Å². The lowest BCUT2D eigenvalue weighted by Gasteiger charge is -2.28. The summed E-state index contributed by atoms with van der Waals surface area (Å²) in [6.07, 6.45) is 7.50. The molecular weight excluding hydrogens is 446 g/mol. The molecule has 2 aliphatic rings. The number of carbonyl (C=O) groups excluding carboxylic acids is 1. The molecular formula is C27H21N3O3S. The molecule has 0 saturated heterocycles. The average molecular weight is 468 g/mol. The fraction of sp³-hybridized carbons (Fsp3) is 0.185. The number of Topliss-reactive ketones (excluding diaryl/α,β-unsaturated/α-hetero) is 1. The molecule has 1 unspecified atom stereocenters. The van der Waals surface area contributed by atoms with Gasteiger partial charge in [0.25, 0.3) is 5.56 Å². The van der Waals surface area contributed by atoms with Gasteiger partial charge in [-0.2, -0.15) is 0 Å².